The summed E-state index contributed by atoms with van der Waals surface area (Å²) in [5, 5.41) is 0. The highest BCUT2D eigenvalue weighted by Crippen LogP contribution is 2.23. The van der Waals surface area contributed by atoms with E-state index in [1.54, 1.807) is 53.1 Å². The SMILES string of the molecule is CC(C)n1c2ccc(C(N)=O)cc2n2c(=O)n(-c3ccccc3)c(=O)nc12. The van der Waals surface area contributed by atoms with Gasteiger partial charge in [0.05, 0.1) is 16.7 Å². The van der Waals surface area contributed by atoms with Crippen LogP contribution in [0.2, 0.25) is 0 Å². The molecule has 0 bridgehead atoms. The Kier molecular flexibility index (Phi) is 3.69. The molecule has 2 N–H and O–H groups in total. The molecule has 8 nitrogen and oxygen atoms in total. The van der Waals surface area contributed by atoms with Crippen LogP contribution in [0.4, 0.5) is 0 Å². The Hall–Kier alpha value is -3.68. The van der Waals surface area contributed by atoms with Gasteiger partial charge in [0.15, 0.2) is 0 Å². The Balaban J connectivity index is 2.23. The molecule has 2 heterocycles. The number of fused-ring (bicyclic) bond motifs is 3. The van der Waals surface area contributed by atoms with Crippen molar-refractivity contribution >= 4 is 22.7 Å². The van der Waals surface area contributed by atoms with Gasteiger partial charge in [-0.15, -0.1) is 0 Å². The zero-order valence-corrected chi connectivity index (χ0v) is 14.8. The number of primary amides is 1. The van der Waals surface area contributed by atoms with Gasteiger partial charge in [0.1, 0.15) is 0 Å². The Morgan fingerprint density at radius 3 is 2.37 bits per heavy atom. The molecule has 0 radical (unpaired) electrons. The number of nitrogens with two attached hydrogens (primary N) is 1. The molecule has 0 aliphatic rings. The van der Waals surface area contributed by atoms with E-state index in [1.165, 1.54) is 4.40 Å². The van der Waals surface area contributed by atoms with E-state index in [2.05, 4.69) is 4.98 Å². The molecule has 2 aromatic carbocycles. The maximum absolute atomic E-state index is 13.2. The normalized spacial score (nSPS) is 11.5. The third kappa shape index (κ3) is 2.45. The molecule has 2 aromatic heterocycles. The fraction of sp³-hybridized carbons (Fsp3) is 0.158. The summed E-state index contributed by atoms with van der Waals surface area (Å²) in [7, 11) is 0. The largest absolute Gasteiger partial charge is 0.366 e. The summed E-state index contributed by atoms with van der Waals surface area (Å²) in [6.45, 7) is 3.85. The number of carbonyl (C=O) groups is 1. The average Bonchev–Trinajstić information content (AvgIpc) is 2.95. The van der Waals surface area contributed by atoms with E-state index in [4.69, 9.17) is 5.73 Å². The number of benzene rings is 2. The highest BCUT2D eigenvalue weighted by Gasteiger charge is 2.20. The Labute approximate surface area is 153 Å². The first-order chi connectivity index (χ1) is 12.9. The van der Waals surface area contributed by atoms with Crippen molar-refractivity contribution in [1.82, 2.24) is 18.5 Å². The second-order valence-electron chi connectivity index (χ2n) is 6.51. The number of para-hydroxylation sites is 1. The van der Waals surface area contributed by atoms with Crippen molar-refractivity contribution in [2.75, 3.05) is 0 Å². The minimum Gasteiger partial charge on any atom is -0.366 e. The standard InChI is InChI=1S/C19H17N5O3/c1-11(2)22-14-9-8-12(16(20)25)10-15(14)24-17(22)21-18(26)23(19(24)27)13-6-4-3-5-7-13/h3-11H,1-2H3,(H2,20,25). The average molecular weight is 363 g/mol. The van der Waals surface area contributed by atoms with Crippen LogP contribution in [-0.2, 0) is 0 Å². The smallest absolute Gasteiger partial charge is 0.359 e. The number of amides is 1. The molecule has 0 fully saturated rings. The molecule has 8 heteroatoms. The number of carbonyl (C=O) groups excluding carboxylic acids is 1. The number of hydrogen-bond acceptors (Lipinski definition) is 4. The van der Waals surface area contributed by atoms with E-state index in [1.807, 2.05) is 13.8 Å². The molecule has 4 aromatic rings. The molecule has 0 aliphatic carbocycles. The second-order valence-corrected chi connectivity index (χ2v) is 6.51. The van der Waals surface area contributed by atoms with Crippen LogP contribution < -0.4 is 17.1 Å². The first kappa shape index (κ1) is 16.8. The predicted molar refractivity (Wildman–Crippen MR) is 101 cm³/mol. The van der Waals surface area contributed by atoms with Gasteiger partial charge in [-0.05, 0) is 44.2 Å². The van der Waals surface area contributed by atoms with Crippen LogP contribution in [-0.4, -0.2) is 24.4 Å². The number of hydrogen-bond donors (Lipinski definition) is 1. The van der Waals surface area contributed by atoms with Gasteiger partial charge in [0.25, 0.3) is 0 Å². The molecule has 0 atom stereocenters. The lowest BCUT2D eigenvalue weighted by atomic mass is 10.2. The van der Waals surface area contributed by atoms with Crippen molar-refractivity contribution in [1.29, 1.82) is 0 Å². The second kappa shape index (κ2) is 5.94. The molecule has 136 valence electrons. The fourth-order valence-corrected chi connectivity index (χ4v) is 3.30. The zero-order chi connectivity index (χ0) is 19.3. The summed E-state index contributed by atoms with van der Waals surface area (Å²) in [6.07, 6.45) is 0. The molecule has 27 heavy (non-hydrogen) atoms. The van der Waals surface area contributed by atoms with Gasteiger partial charge in [-0.2, -0.15) is 4.98 Å². The first-order valence-electron chi connectivity index (χ1n) is 8.45. The molecule has 4 rings (SSSR count). The maximum atomic E-state index is 13.2. The van der Waals surface area contributed by atoms with E-state index < -0.39 is 17.3 Å². The summed E-state index contributed by atoms with van der Waals surface area (Å²) in [5.74, 6) is -0.372. The molecule has 0 spiro atoms. The molecule has 0 saturated carbocycles. The van der Waals surface area contributed by atoms with Crippen LogP contribution in [0, 0.1) is 0 Å². The minimum absolute atomic E-state index is 0.0594. The highest BCUT2D eigenvalue weighted by atomic mass is 16.2. The van der Waals surface area contributed by atoms with Crippen molar-refractivity contribution in [3.8, 4) is 5.69 Å². The molecule has 1 amide bonds. The van der Waals surface area contributed by atoms with Gasteiger partial charge in [-0.1, -0.05) is 18.2 Å². The lowest BCUT2D eigenvalue weighted by molar-refractivity contribution is 0.100. The van der Waals surface area contributed by atoms with Crippen LogP contribution >= 0.6 is 0 Å². The fourth-order valence-electron chi connectivity index (χ4n) is 3.30. The van der Waals surface area contributed by atoms with Gasteiger partial charge >= 0.3 is 11.4 Å². The van der Waals surface area contributed by atoms with Gasteiger partial charge in [0, 0.05) is 11.6 Å². The molecule has 0 saturated heterocycles. The molecular formula is C19H17N5O3. The first-order valence-corrected chi connectivity index (χ1v) is 8.45. The van der Waals surface area contributed by atoms with Crippen molar-refractivity contribution in [2.24, 2.45) is 5.73 Å². The summed E-state index contributed by atoms with van der Waals surface area (Å²) in [5.41, 5.74) is 6.03. The van der Waals surface area contributed by atoms with Crippen LogP contribution in [0.5, 0.6) is 0 Å². The number of imidazole rings is 1. The van der Waals surface area contributed by atoms with Crippen LogP contribution in [0.25, 0.3) is 22.5 Å². The number of rotatable bonds is 3. The van der Waals surface area contributed by atoms with Crippen LogP contribution in [0.15, 0.2) is 58.1 Å². The monoisotopic (exact) mass is 363 g/mol. The van der Waals surface area contributed by atoms with Gasteiger partial charge < -0.3 is 10.3 Å². The number of nitrogens with zero attached hydrogens (tertiary/aromatic N) is 4. The Morgan fingerprint density at radius 2 is 1.74 bits per heavy atom. The summed E-state index contributed by atoms with van der Waals surface area (Å²) in [6, 6.07) is 13.4. The van der Waals surface area contributed by atoms with E-state index in [9.17, 15) is 14.4 Å². The lowest BCUT2D eigenvalue weighted by Gasteiger charge is -2.10. The number of aromatic nitrogens is 4. The van der Waals surface area contributed by atoms with Crippen molar-refractivity contribution < 1.29 is 4.79 Å². The van der Waals surface area contributed by atoms with Crippen LogP contribution in [0.3, 0.4) is 0 Å². The molecule has 0 aliphatic heterocycles. The summed E-state index contributed by atoms with van der Waals surface area (Å²) < 4.78 is 4.14. The van der Waals surface area contributed by atoms with E-state index >= 15 is 0 Å². The van der Waals surface area contributed by atoms with E-state index in [0.717, 1.165) is 4.57 Å². The minimum atomic E-state index is -0.661. The lowest BCUT2D eigenvalue weighted by Crippen LogP contribution is -2.38. The third-order valence-corrected chi connectivity index (χ3v) is 4.48. The van der Waals surface area contributed by atoms with Gasteiger partial charge in [-0.3, -0.25) is 4.79 Å². The molecular weight excluding hydrogens is 346 g/mol. The zero-order valence-electron chi connectivity index (χ0n) is 14.8. The molecule has 0 unspecified atom stereocenters. The van der Waals surface area contributed by atoms with Crippen molar-refractivity contribution in [3.63, 3.8) is 0 Å². The van der Waals surface area contributed by atoms with Crippen LogP contribution in [0.1, 0.15) is 30.2 Å². The maximum Gasteiger partial charge on any atom is 0.359 e. The predicted octanol–water partition coefficient (Wildman–Crippen LogP) is 1.48. The Bertz CT molecular complexity index is 1310. The van der Waals surface area contributed by atoms with E-state index in [0.29, 0.717) is 16.7 Å². The van der Waals surface area contributed by atoms with Gasteiger partial charge in [-0.25, -0.2) is 18.6 Å². The van der Waals surface area contributed by atoms with Gasteiger partial charge in [0.2, 0.25) is 11.7 Å². The quantitative estimate of drug-likeness (QED) is 0.595. The third-order valence-electron chi connectivity index (χ3n) is 4.48. The van der Waals surface area contributed by atoms with E-state index in [-0.39, 0.29) is 17.4 Å². The summed E-state index contributed by atoms with van der Waals surface area (Å²) in [4.78, 5) is 41.6. The summed E-state index contributed by atoms with van der Waals surface area (Å²) >= 11 is 0. The van der Waals surface area contributed by atoms with Crippen molar-refractivity contribution in [2.45, 2.75) is 19.9 Å². The topological polar surface area (TPSA) is 104 Å². The highest BCUT2D eigenvalue weighted by molar-refractivity contribution is 5.97. The van der Waals surface area contributed by atoms with Crippen molar-refractivity contribution in [3.05, 3.63) is 75.1 Å². The Morgan fingerprint density at radius 1 is 1.04 bits per heavy atom.